The molecule has 0 saturated heterocycles. The minimum Gasteiger partial charge on any atom is -0.398 e. The Morgan fingerprint density at radius 3 is 2.56 bits per heavy atom. The first-order chi connectivity index (χ1) is 7.45. The zero-order chi connectivity index (χ0) is 12.2. The highest BCUT2D eigenvalue weighted by Crippen LogP contribution is 2.36. The molecule has 16 heavy (non-hydrogen) atoms. The Morgan fingerprint density at radius 2 is 2.00 bits per heavy atom. The van der Waals surface area contributed by atoms with Gasteiger partial charge in [0.05, 0.1) is 5.56 Å². The molecule has 0 aliphatic heterocycles. The summed E-state index contributed by atoms with van der Waals surface area (Å²) in [7, 11) is 0. The van der Waals surface area contributed by atoms with Crippen molar-refractivity contribution in [3.63, 3.8) is 0 Å². The molecule has 6 heteroatoms. The van der Waals surface area contributed by atoms with E-state index in [4.69, 9.17) is 10.8 Å². The van der Waals surface area contributed by atoms with Crippen molar-refractivity contribution >= 4 is 17.4 Å². The van der Waals surface area contributed by atoms with Crippen molar-refractivity contribution in [2.24, 2.45) is 0 Å². The first-order valence-corrected chi connectivity index (χ1v) is 5.64. The van der Waals surface area contributed by atoms with Gasteiger partial charge in [0, 0.05) is 22.9 Å². The SMILES string of the molecule is Nc1ccc(SCCCO)cc1C(F)(F)F. The van der Waals surface area contributed by atoms with E-state index >= 15 is 0 Å². The minimum atomic E-state index is -4.42. The average Bonchev–Trinajstić information content (AvgIpc) is 2.19. The van der Waals surface area contributed by atoms with Crippen molar-refractivity contribution in [3.05, 3.63) is 23.8 Å². The van der Waals surface area contributed by atoms with Crippen molar-refractivity contribution < 1.29 is 18.3 Å². The van der Waals surface area contributed by atoms with Crippen molar-refractivity contribution in [3.8, 4) is 0 Å². The summed E-state index contributed by atoms with van der Waals surface area (Å²) >= 11 is 1.27. The number of hydrogen-bond acceptors (Lipinski definition) is 3. The highest BCUT2D eigenvalue weighted by molar-refractivity contribution is 7.99. The number of halogens is 3. The Labute approximate surface area is 95.6 Å². The Balaban J connectivity index is 2.82. The molecule has 0 aliphatic rings. The number of hydrogen-bond donors (Lipinski definition) is 2. The van der Waals surface area contributed by atoms with Gasteiger partial charge in [-0.2, -0.15) is 13.2 Å². The molecule has 0 unspecified atom stereocenters. The molecule has 1 aromatic carbocycles. The van der Waals surface area contributed by atoms with Gasteiger partial charge in [-0.1, -0.05) is 0 Å². The van der Waals surface area contributed by atoms with Crippen LogP contribution >= 0.6 is 11.8 Å². The Kier molecular flexibility index (Phi) is 4.49. The van der Waals surface area contributed by atoms with E-state index in [9.17, 15) is 13.2 Å². The number of rotatable bonds is 4. The number of aliphatic hydroxyl groups is 1. The fourth-order valence-corrected chi connectivity index (χ4v) is 2.00. The van der Waals surface area contributed by atoms with Gasteiger partial charge in [-0.25, -0.2) is 0 Å². The molecule has 0 saturated carbocycles. The van der Waals surface area contributed by atoms with Gasteiger partial charge in [-0.15, -0.1) is 11.8 Å². The van der Waals surface area contributed by atoms with E-state index in [0.717, 1.165) is 6.07 Å². The summed E-state index contributed by atoms with van der Waals surface area (Å²) in [5, 5.41) is 8.56. The Morgan fingerprint density at radius 1 is 1.31 bits per heavy atom. The minimum absolute atomic E-state index is 0.0358. The molecule has 0 radical (unpaired) electrons. The maximum absolute atomic E-state index is 12.5. The zero-order valence-corrected chi connectivity index (χ0v) is 9.24. The molecular weight excluding hydrogens is 239 g/mol. The van der Waals surface area contributed by atoms with Crippen molar-refractivity contribution in [1.29, 1.82) is 0 Å². The molecule has 0 fully saturated rings. The predicted molar refractivity (Wildman–Crippen MR) is 58.3 cm³/mol. The average molecular weight is 251 g/mol. The van der Waals surface area contributed by atoms with E-state index in [1.54, 1.807) is 6.07 Å². The standard InChI is InChI=1S/C10H12F3NOS/c11-10(12,13)8-6-7(2-3-9(8)14)16-5-1-4-15/h2-3,6,15H,1,4-5,14H2. The third kappa shape index (κ3) is 3.61. The van der Waals surface area contributed by atoms with Crippen LogP contribution < -0.4 is 5.73 Å². The number of anilines is 1. The van der Waals surface area contributed by atoms with Gasteiger partial charge < -0.3 is 10.8 Å². The molecule has 0 heterocycles. The summed E-state index contributed by atoms with van der Waals surface area (Å²) in [6.45, 7) is 0.0358. The molecule has 1 rings (SSSR count). The number of benzene rings is 1. The largest absolute Gasteiger partial charge is 0.418 e. The van der Waals surface area contributed by atoms with E-state index < -0.39 is 11.7 Å². The number of alkyl halides is 3. The van der Waals surface area contributed by atoms with E-state index in [2.05, 4.69) is 0 Å². The van der Waals surface area contributed by atoms with Crippen LogP contribution in [0, 0.1) is 0 Å². The van der Waals surface area contributed by atoms with Gasteiger partial charge in [0.15, 0.2) is 0 Å². The van der Waals surface area contributed by atoms with Crippen LogP contribution in [0.25, 0.3) is 0 Å². The molecule has 0 atom stereocenters. The van der Waals surface area contributed by atoms with Gasteiger partial charge in [0.2, 0.25) is 0 Å². The fraction of sp³-hybridized carbons (Fsp3) is 0.400. The zero-order valence-electron chi connectivity index (χ0n) is 8.42. The lowest BCUT2D eigenvalue weighted by atomic mass is 10.2. The first-order valence-electron chi connectivity index (χ1n) is 4.65. The Bertz CT molecular complexity index is 354. The number of nitrogen functional groups attached to an aromatic ring is 1. The summed E-state index contributed by atoms with van der Waals surface area (Å²) in [5.41, 5.74) is 4.19. The van der Waals surface area contributed by atoms with E-state index in [-0.39, 0.29) is 12.3 Å². The molecule has 1 aromatic rings. The molecule has 3 N–H and O–H groups in total. The maximum Gasteiger partial charge on any atom is 0.418 e. The van der Waals surface area contributed by atoms with Crippen molar-refractivity contribution in [2.75, 3.05) is 18.1 Å². The summed E-state index contributed by atoms with van der Waals surface area (Å²) in [5.74, 6) is 0.581. The summed E-state index contributed by atoms with van der Waals surface area (Å²) < 4.78 is 37.5. The molecule has 0 bridgehead atoms. The highest BCUT2D eigenvalue weighted by atomic mass is 32.2. The van der Waals surface area contributed by atoms with E-state index in [1.165, 1.54) is 17.8 Å². The molecule has 90 valence electrons. The molecule has 0 spiro atoms. The maximum atomic E-state index is 12.5. The lowest BCUT2D eigenvalue weighted by molar-refractivity contribution is -0.137. The van der Waals surface area contributed by atoms with Crippen molar-refractivity contribution in [1.82, 2.24) is 0 Å². The van der Waals surface area contributed by atoms with Crippen molar-refractivity contribution in [2.45, 2.75) is 17.5 Å². The van der Waals surface area contributed by atoms with Crippen LogP contribution in [-0.4, -0.2) is 17.5 Å². The number of aliphatic hydroxyl groups excluding tert-OH is 1. The predicted octanol–water partition coefficient (Wildman–Crippen LogP) is 2.76. The second kappa shape index (κ2) is 5.45. The smallest absolute Gasteiger partial charge is 0.398 e. The van der Waals surface area contributed by atoms with Gasteiger partial charge >= 0.3 is 6.18 Å². The second-order valence-electron chi connectivity index (χ2n) is 3.17. The van der Waals surface area contributed by atoms with Crippen LogP contribution in [0.5, 0.6) is 0 Å². The van der Waals surface area contributed by atoms with Crippen LogP contribution in [0.3, 0.4) is 0 Å². The van der Waals surface area contributed by atoms with Crippen LogP contribution in [0.2, 0.25) is 0 Å². The summed E-state index contributed by atoms with van der Waals surface area (Å²) in [6.07, 6.45) is -3.87. The van der Waals surface area contributed by atoms with Crippen LogP contribution in [0.1, 0.15) is 12.0 Å². The van der Waals surface area contributed by atoms with Crippen LogP contribution in [-0.2, 0) is 6.18 Å². The third-order valence-corrected chi connectivity index (χ3v) is 2.98. The number of thioether (sulfide) groups is 1. The van der Waals surface area contributed by atoms with E-state index in [0.29, 0.717) is 17.1 Å². The normalized spacial score (nSPS) is 11.8. The lowest BCUT2D eigenvalue weighted by Crippen LogP contribution is -2.08. The molecular formula is C10H12F3NOS. The van der Waals surface area contributed by atoms with Gasteiger partial charge in [0.1, 0.15) is 0 Å². The Hall–Kier alpha value is -0.880. The molecule has 2 nitrogen and oxygen atoms in total. The topological polar surface area (TPSA) is 46.2 Å². The van der Waals surface area contributed by atoms with Gasteiger partial charge in [0.25, 0.3) is 0 Å². The quantitative estimate of drug-likeness (QED) is 0.491. The van der Waals surface area contributed by atoms with Gasteiger partial charge in [-0.3, -0.25) is 0 Å². The monoisotopic (exact) mass is 251 g/mol. The summed E-state index contributed by atoms with van der Waals surface area (Å²) in [6, 6.07) is 3.84. The summed E-state index contributed by atoms with van der Waals surface area (Å²) in [4.78, 5) is 0.509. The number of nitrogens with two attached hydrogens (primary N) is 1. The fourth-order valence-electron chi connectivity index (χ4n) is 1.13. The van der Waals surface area contributed by atoms with Crippen LogP contribution in [0.4, 0.5) is 18.9 Å². The first kappa shape index (κ1) is 13.2. The second-order valence-corrected chi connectivity index (χ2v) is 4.34. The molecule has 0 aliphatic carbocycles. The third-order valence-electron chi connectivity index (χ3n) is 1.90. The molecule has 0 amide bonds. The highest BCUT2D eigenvalue weighted by Gasteiger charge is 2.33. The van der Waals surface area contributed by atoms with Crippen LogP contribution in [0.15, 0.2) is 23.1 Å². The lowest BCUT2D eigenvalue weighted by Gasteiger charge is -2.11. The van der Waals surface area contributed by atoms with Gasteiger partial charge in [-0.05, 0) is 24.6 Å². The van der Waals surface area contributed by atoms with E-state index in [1.807, 2.05) is 0 Å². The molecule has 0 aromatic heterocycles.